The zero-order chi connectivity index (χ0) is 25.0. The lowest BCUT2D eigenvalue weighted by molar-refractivity contribution is -0.320. The van der Waals surface area contributed by atoms with Crippen LogP contribution in [0.2, 0.25) is 0 Å². The van der Waals surface area contributed by atoms with Crippen molar-refractivity contribution in [2.24, 2.45) is 0 Å². The van der Waals surface area contributed by atoms with E-state index in [1.165, 1.54) is 32.6 Å². The fraction of sp³-hybridized carbons (Fsp3) is 0.955. The number of amides is 1. The minimum atomic E-state index is -1.99. The first-order valence-electron chi connectivity index (χ1n) is 11.9. The van der Waals surface area contributed by atoms with E-state index in [1.807, 2.05) is 0 Å². The number of rotatable bonds is 16. The van der Waals surface area contributed by atoms with Gasteiger partial charge in [-0.2, -0.15) is 0 Å². The minimum absolute atomic E-state index is 0.303. The van der Waals surface area contributed by atoms with Gasteiger partial charge in [-0.1, -0.05) is 51.9 Å². The standard InChI is InChI=1S/C22H43NO10/c1-3-4-5-6-7-8-9-10-11-23-21(31)18(29)17(28)20(14(25)12-24)33-22-19(30)16(27)15(26)13(2)32-22/h13-20,22,24-30H,3-12H2,1-2H3,(H,23,31)/t13-,14-,15+,16+,17-,18-,19-,20-,22+/m1/s1. The van der Waals surface area contributed by atoms with Crippen LogP contribution in [0.1, 0.15) is 65.2 Å². The molecule has 11 nitrogen and oxygen atoms in total. The van der Waals surface area contributed by atoms with Crippen molar-refractivity contribution in [3.63, 3.8) is 0 Å². The van der Waals surface area contributed by atoms with Gasteiger partial charge in [0.1, 0.15) is 36.6 Å². The van der Waals surface area contributed by atoms with Crippen molar-refractivity contribution in [3.05, 3.63) is 0 Å². The Morgan fingerprint density at radius 1 is 0.939 bits per heavy atom. The molecule has 1 aliphatic heterocycles. The molecule has 196 valence electrons. The number of aliphatic hydroxyl groups is 7. The lowest BCUT2D eigenvalue weighted by Gasteiger charge is -2.41. The van der Waals surface area contributed by atoms with E-state index < -0.39 is 67.6 Å². The number of carbonyl (C=O) groups excluding carboxylic acids is 1. The number of aliphatic hydroxyl groups excluding tert-OH is 7. The number of carbonyl (C=O) groups is 1. The van der Waals surface area contributed by atoms with Crippen molar-refractivity contribution in [2.45, 2.75) is 120 Å². The van der Waals surface area contributed by atoms with Crippen LogP contribution in [0.25, 0.3) is 0 Å². The van der Waals surface area contributed by atoms with Gasteiger partial charge in [-0.3, -0.25) is 4.79 Å². The molecule has 0 aromatic rings. The highest BCUT2D eigenvalue weighted by molar-refractivity contribution is 5.81. The first-order chi connectivity index (χ1) is 15.6. The molecule has 8 N–H and O–H groups in total. The molecular formula is C22H43NO10. The van der Waals surface area contributed by atoms with Crippen LogP contribution in [-0.4, -0.2) is 110 Å². The summed E-state index contributed by atoms with van der Waals surface area (Å²) >= 11 is 0. The summed E-state index contributed by atoms with van der Waals surface area (Å²) in [5.41, 5.74) is 0. The van der Waals surface area contributed by atoms with Crippen LogP contribution in [0, 0.1) is 0 Å². The molecule has 1 amide bonds. The van der Waals surface area contributed by atoms with Crippen molar-refractivity contribution in [3.8, 4) is 0 Å². The zero-order valence-corrected chi connectivity index (χ0v) is 19.6. The van der Waals surface area contributed by atoms with E-state index in [2.05, 4.69) is 12.2 Å². The summed E-state index contributed by atoms with van der Waals surface area (Å²) < 4.78 is 10.6. The number of hydrogen-bond donors (Lipinski definition) is 8. The van der Waals surface area contributed by atoms with E-state index in [9.17, 15) is 40.5 Å². The van der Waals surface area contributed by atoms with E-state index >= 15 is 0 Å². The summed E-state index contributed by atoms with van der Waals surface area (Å²) in [6.07, 6.45) is -6.05. The molecule has 0 aromatic carbocycles. The number of hydrogen-bond acceptors (Lipinski definition) is 10. The van der Waals surface area contributed by atoms with E-state index in [0.717, 1.165) is 19.3 Å². The van der Waals surface area contributed by atoms with Crippen LogP contribution in [0.3, 0.4) is 0 Å². The molecule has 1 aliphatic rings. The van der Waals surface area contributed by atoms with Gasteiger partial charge in [0, 0.05) is 6.54 Å². The van der Waals surface area contributed by atoms with Crippen molar-refractivity contribution in [1.82, 2.24) is 5.32 Å². The lowest BCUT2D eigenvalue weighted by atomic mass is 9.99. The molecule has 1 heterocycles. The van der Waals surface area contributed by atoms with Crippen molar-refractivity contribution in [1.29, 1.82) is 0 Å². The normalized spacial score (nSPS) is 29.3. The lowest BCUT2D eigenvalue weighted by Crippen LogP contribution is -2.61. The molecule has 1 fully saturated rings. The van der Waals surface area contributed by atoms with E-state index in [1.54, 1.807) is 0 Å². The molecule has 11 heteroatoms. The summed E-state index contributed by atoms with van der Waals surface area (Å²) in [5.74, 6) is -0.877. The molecule has 33 heavy (non-hydrogen) atoms. The first kappa shape index (κ1) is 30.1. The molecule has 1 saturated heterocycles. The van der Waals surface area contributed by atoms with Gasteiger partial charge in [0.2, 0.25) is 0 Å². The Balaban J connectivity index is 2.54. The van der Waals surface area contributed by atoms with Crippen molar-refractivity contribution in [2.75, 3.05) is 13.2 Å². The second-order valence-corrected chi connectivity index (χ2v) is 8.73. The van der Waals surface area contributed by atoms with Gasteiger partial charge in [-0.05, 0) is 13.3 Å². The first-order valence-corrected chi connectivity index (χ1v) is 11.9. The van der Waals surface area contributed by atoms with Crippen molar-refractivity contribution >= 4 is 5.91 Å². The van der Waals surface area contributed by atoms with Crippen LogP contribution in [0.4, 0.5) is 0 Å². The molecule has 0 radical (unpaired) electrons. The smallest absolute Gasteiger partial charge is 0.251 e. The maximum Gasteiger partial charge on any atom is 0.251 e. The number of ether oxygens (including phenoxy) is 2. The Bertz CT molecular complexity index is 539. The fourth-order valence-electron chi connectivity index (χ4n) is 3.69. The number of nitrogens with one attached hydrogen (secondary N) is 1. The summed E-state index contributed by atoms with van der Waals surface area (Å²) in [6, 6.07) is 0. The predicted molar refractivity (Wildman–Crippen MR) is 118 cm³/mol. The van der Waals surface area contributed by atoms with Gasteiger partial charge >= 0.3 is 0 Å². The van der Waals surface area contributed by atoms with E-state index in [4.69, 9.17) is 9.47 Å². The maximum atomic E-state index is 12.2. The second kappa shape index (κ2) is 15.9. The molecule has 9 atom stereocenters. The van der Waals surface area contributed by atoms with Gasteiger partial charge in [0.15, 0.2) is 12.4 Å². The molecule has 1 rings (SSSR count). The average molecular weight is 482 g/mol. The van der Waals surface area contributed by atoms with Crippen LogP contribution in [-0.2, 0) is 14.3 Å². The zero-order valence-electron chi connectivity index (χ0n) is 19.6. The van der Waals surface area contributed by atoms with Crippen LogP contribution in [0.5, 0.6) is 0 Å². The van der Waals surface area contributed by atoms with Gasteiger partial charge in [0.25, 0.3) is 5.91 Å². The Morgan fingerprint density at radius 2 is 1.52 bits per heavy atom. The second-order valence-electron chi connectivity index (χ2n) is 8.73. The summed E-state index contributed by atoms with van der Waals surface area (Å²) in [6.45, 7) is 3.00. The minimum Gasteiger partial charge on any atom is -0.394 e. The quantitative estimate of drug-likeness (QED) is 0.121. The molecule has 0 aliphatic carbocycles. The van der Waals surface area contributed by atoms with Gasteiger partial charge < -0.3 is 50.5 Å². The third-order valence-electron chi connectivity index (χ3n) is 5.92. The van der Waals surface area contributed by atoms with Crippen LogP contribution >= 0.6 is 0 Å². The van der Waals surface area contributed by atoms with Crippen LogP contribution in [0.15, 0.2) is 0 Å². The fourth-order valence-corrected chi connectivity index (χ4v) is 3.69. The highest BCUT2D eigenvalue weighted by Crippen LogP contribution is 2.24. The van der Waals surface area contributed by atoms with Crippen LogP contribution < -0.4 is 5.32 Å². The van der Waals surface area contributed by atoms with Crippen molar-refractivity contribution < 1.29 is 50.0 Å². The highest BCUT2D eigenvalue weighted by atomic mass is 16.7. The molecule has 0 saturated carbocycles. The van der Waals surface area contributed by atoms with Gasteiger partial charge in [-0.25, -0.2) is 0 Å². The molecular weight excluding hydrogens is 438 g/mol. The third kappa shape index (κ3) is 9.71. The van der Waals surface area contributed by atoms with Gasteiger partial charge in [0.05, 0.1) is 12.7 Å². The summed E-state index contributed by atoms with van der Waals surface area (Å²) in [5, 5.41) is 72.3. The van der Waals surface area contributed by atoms with Gasteiger partial charge in [-0.15, -0.1) is 0 Å². The molecule has 0 bridgehead atoms. The molecule has 0 spiro atoms. The van der Waals surface area contributed by atoms with E-state index in [-0.39, 0.29) is 0 Å². The Kier molecular flexibility index (Phi) is 14.5. The largest absolute Gasteiger partial charge is 0.394 e. The highest BCUT2D eigenvalue weighted by Gasteiger charge is 2.46. The Morgan fingerprint density at radius 3 is 2.09 bits per heavy atom. The predicted octanol–water partition coefficient (Wildman–Crippen LogP) is -1.47. The number of unbranched alkanes of at least 4 members (excludes halogenated alkanes) is 7. The Labute approximate surface area is 195 Å². The van der Waals surface area contributed by atoms with E-state index in [0.29, 0.717) is 13.0 Å². The molecule has 0 aromatic heterocycles. The third-order valence-corrected chi connectivity index (χ3v) is 5.92. The Hall–Kier alpha value is -0.890. The average Bonchev–Trinajstić information content (AvgIpc) is 2.81. The molecule has 0 unspecified atom stereocenters. The summed E-state index contributed by atoms with van der Waals surface area (Å²) in [7, 11) is 0. The summed E-state index contributed by atoms with van der Waals surface area (Å²) in [4.78, 5) is 12.2. The topological polar surface area (TPSA) is 189 Å². The maximum absolute atomic E-state index is 12.2. The SMILES string of the molecule is CCCCCCCCCCNC(=O)[C@H](O)[C@@H](O)[C@H](O[C@@H]1O[C@H](C)[C@H](O)[C@H](O)[C@H]1O)[C@H](O)CO. The monoisotopic (exact) mass is 481 g/mol.